The summed E-state index contributed by atoms with van der Waals surface area (Å²) in [6.07, 6.45) is 0.537. The van der Waals surface area contributed by atoms with Gasteiger partial charge in [-0.3, -0.25) is 0 Å². The van der Waals surface area contributed by atoms with Crippen molar-refractivity contribution in [1.29, 1.82) is 0 Å². The molecule has 1 heterocycles. The number of rotatable bonds is 3. The van der Waals surface area contributed by atoms with Crippen molar-refractivity contribution >= 4 is 11.7 Å². The Morgan fingerprint density at radius 3 is 2.79 bits per heavy atom. The second-order valence-electron chi connectivity index (χ2n) is 7.12. The highest BCUT2D eigenvalue weighted by molar-refractivity contribution is 5.90. The van der Waals surface area contributed by atoms with E-state index in [0.29, 0.717) is 17.7 Å². The summed E-state index contributed by atoms with van der Waals surface area (Å²) < 4.78 is 44.5. The highest BCUT2D eigenvalue weighted by atomic mass is 19.4. The Labute approximate surface area is 161 Å². The van der Waals surface area contributed by atoms with Gasteiger partial charge in [0, 0.05) is 11.6 Å². The van der Waals surface area contributed by atoms with Gasteiger partial charge in [-0.15, -0.1) is 0 Å². The number of halogens is 3. The van der Waals surface area contributed by atoms with E-state index in [1.54, 1.807) is 19.1 Å². The van der Waals surface area contributed by atoms with E-state index < -0.39 is 11.7 Å². The number of alkyl halides is 3. The summed E-state index contributed by atoms with van der Waals surface area (Å²) in [7, 11) is 0. The third kappa shape index (κ3) is 3.28. The Hall–Kier alpha value is -2.76. The molecule has 6 heteroatoms. The van der Waals surface area contributed by atoms with E-state index in [0.717, 1.165) is 23.7 Å². The summed E-state index contributed by atoms with van der Waals surface area (Å²) in [4.78, 5) is 12.1. The van der Waals surface area contributed by atoms with Crippen LogP contribution < -0.4 is 5.32 Å². The first-order valence-corrected chi connectivity index (χ1v) is 9.30. The van der Waals surface area contributed by atoms with E-state index in [-0.39, 0.29) is 23.8 Å². The lowest BCUT2D eigenvalue weighted by Gasteiger charge is -2.38. The van der Waals surface area contributed by atoms with E-state index in [1.165, 1.54) is 12.1 Å². The smallest absolute Gasteiger partial charge is 0.416 e. The molecular weight excluding hydrogens is 367 g/mol. The standard InChI is InChI=1S/C22H20F3NO2/c1-2-28-21(27)14-9-10-19-18(12-14)16-7-4-8-17(16)20(26-19)13-5-3-6-15(11-13)22(23,24)25/h3-7,9-12,16-17,20,26H,2,8H2,1H3/t16-,17-,20-/m1/s1. The number of hydrogen-bond donors (Lipinski definition) is 1. The van der Waals surface area contributed by atoms with Crippen LogP contribution in [0.5, 0.6) is 0 Å². The van der Waals surface area contributed by atoms with Crippen molar-refractivity contribution in [2.45, 2.75) is 31.5 Å². The highest BCUT2D eigenvalue weighted by Gasteiger charge is 2.39. The van der Waals surface area contributed by atoms with Crippen LogP contribution in [0.1, 0.15) is 52.4 Å². The third-order valence-electron chi connectivity index (χ3n) is 5.45. The summed E-state index contributed by atoms with van der Waals surface area (Å²) in [5.41, 5.74) is 2.28. The van der Waals surface area contributed by atoms with Crippen molar-refractivity contribution in [2.75, 3.05) is 11.9 Å². The Bertz CT molecular complexity index is 936. The van der Waals surface area contributed by atoms with Crippen LogP contribution in [-0.4, -0.2) is 12.6 Å². The number of fused-ring (bicyclic) bond motifs is 3. The van der Waals surface area contributed by atoms with Crippen LogP contribution in [0.2, 0.25) is 0 Å². The summed E-state index contributed by atoms with van der Waals surface area (Å²) in [5, 5.41) is 3.40. The Balaban J connectivity index is 1.71. The molecular formula is C22H20F3NO2. The Morgan fingerprint density at radius 2 is 2.04 bits per heavy atom. The van der Waals surface area contributed by atoms with E-state index in [4.69, 9.17) is 4.74 Å². The predicted molar refractivity (Wildman–Crippen MR) is 100 cm³/mol. The molecule has 2 aromatic rings. The van der Waals surface area contributed by atoms with Gasteiger partial charge in [0.1, 0.15) is 0 Å². The number of carbonyl (C=O) groups excluding carboxylic acids is 1. The van der Waals surface area contributed by atoms with Crippen molar-refractivity contribution in [3.63, 3.8) is 0 Å². The third-order valence-corrected chi connectivity index (χ3v) is 5.45. The van der Waals surface area contributed by atoms with Crippen molar-refractivity contribution in [3.05, 3.63) is 76.9 Å². The topological polar surface area (TPSA) is 38.3 Å². The fourth-order valence-corrected chi connectivity index (χ4v) is 4.17. The second-order valence-corrected chi connectivity index (χ2v) is 7.12. The van der Waals surface area contributed by atoms with Gasteiger partial charge in [-0.2, -0.15) is 13.2 Å². The van der Waals surface area contributed by atoms with E-state index in [2.05, 4.69) is 17.5 Å². The Kier molecular flexibility index (Phi) is 4.65. The number of ether oxygens (including phenoxy) is 1. The maximum atomic E-state index is 13.1. The molecule has 0 spiro atoms. The number of benzene rings is 2. The number of carbonyl (C=O) groups is 1. The molecule has 4 rings (SSSR count). The molecule has 1 aliphatic carbocycles. The summed E-state index contributed by atoms with van der Waals surface area (Å²) >= 11 is 0. The van der Waals surface area contributed by atoms with Gasteiger partial charge in [0.2, 0.25) is 0 Å². The van der Waals surface area contributed by atoms with E-state index in [1.807, 2.05) is 12.1 Å². The molecule has 0 fully saturated rings. The molecule has 0 unspecified atom stereocenters. The fourth-order valence-electron chi connectivity index (χ4n) is 4.17. The van der Waals surface area contributed by atoms with Gasteiger partial charge in [0.25, 0.3) is 0 Å². The molecule has 0 aromatic heterocycles. The van der Waals surface area contributed by atoms with Crippen LogP contribution >= 0.6 is 0 Å². The van der Waals surface area contributed by atoms with Gasteiger partial charge < -0.3 is 10.1 Å². The molecule has 0 saturated carbocycles. The minimum Gasteiger partial charge on any atom is -0.462 e. The van der Waals surface area contributed by atoms with E-state index >= 15 is 0 Å². The highest BCUT2D eigenvalue weighted by Crippen LogP contribution is 2.50. The number of hydrogen-bond acceptors (Lipinski definition) is 3. The van der Waals surface area contributed by atoms with Crippen LogP contribution in [-0.2, 0) is 10.9 Å². The molecule has 3 atom stereocenters. The molecule has 0 bridgehead atoms. The maximum Gasteiger partial charge on any atom is 0.416 e. The quantitative estimate of drug-likeness (QED) is 0.542. The first-order valence-electron chi connectivity index (χ1n) is 9.30. The first kappa shape index (κ1) is 18.6. The van der Waals surface area contributed by atoms with Crippen LogP contribution in [0.15, 0.2) is 54.6 Å². The zero-order chi connectivity index (χ0) is 19.9. The number of anilines is 1. The van der Waals surface area contributed by atoms with Crippen LogP contribution in [0.25, 0.3) is 0 Å². The lowest BCUT2D eigenvalue weighted by molar-refractivity contribution is -0.137. The van der Waals surface area contributed by atoms with Crippen molar-refractivity contribution in [1.82, 2.24) is 0 Å². The number of nitrogens with one attached hydrogen (secondary N) is 1. The minimum atomic E-state index is -4.37. The van der Waals surface area contributed by atoms with Gasteiger partial charge in [0.05, 0.1) is 23.8 Å². The minimum absolute atomic E-state index is 0.0465. The van der Waals surface area contributed by atoms with Crippen molar-refractivity contribution < 1.29 is 22.7 Å². The van der Waals surface area contributed by atoms with Gasteiger partial charge in [-0.05, 0) is 60.7 Å². The summed E-state index contributed by atoms with van der Waals surface area (Å²) in [6, 6.07) is 10.6. The first-order chi connectivity index (χ1) is 13.4. The normalized spacial score (nSPS) is 22.9. The molecule has 2 aliphatic rings. The van der Waals surface area contributed by atoms with Gasteiger partial charge in [-0.1, -0.05) is 24.3 Å². The Morgan fingerprint density at radius 1 is 1.21 bits per heavy atom. The zero-order valence-electron chi connectivity index (χ0n) is 15.3. The van der Waals surface area contributed by atoms with Crippen LogP contribution in [0.4, 0.5) is 18.9 Å². The summed E-state index contributed by atoms with van der Waals surface area (Å²) in [5.74, 6) is -0.234. The fraction of sp³-hybridized carbons (Fsp3) is 0.318. The van der Waals surface area contributed by atoms with Crippen molar-refractivity contribution in [3.8, 4) is 0 Å². The van der Waals surface area contributed by atoms with E-state index in [9.17, 15) is 18.0 Å². The lowest BCUT2D eigenvalue weighted by Crippen LogP contribution is -2.29. The van der Waals surface area contributed by atoms with Crippen LogP contribution in [0, 0.1) is 5.92 Å². The molecule has 0 radical (unpaired) electrons. The molecule has 0 amide bonds. The van der Waals surface area contributed by atoms with Gasteiger partial charge in [-0.25, -0.2) is 4.79 Å². The molecule has 146 valence electrons. The predicted octanol–water partition coefficient (Wildman–Crippen LogP) is 5.71. The molecule has 3 nitrogen and oxygen atoms in total. The molecule has 0 saturated heterocycles. The molecule has 2 aromatic carbocycles. The molecule has 1 aliphatic heterocycles. The summed E-state index contributed by atoms with van der Waals surface area (Å²) in [6.45, 7) is 2.06. The molecule has 1 N–H and O–H groups in total. The monoisotopic (exact) mass is 387 g/mol. The number of allylic oxidation sites excluding steroid dienone is 2. The largest absolute Gasteiger partial charge is 0.462 e. The average molecular weight is 387 g/mol. The van der Waals surface area contributed by atoms with Crippen LogP contribution in [0.3, 0.4) is 0 Å². The number of esters is 1. The molecule has 28 heavy (non-hydrogen) atoms. The van der Waals surface area contributed by atoms with Gasteiger partial charge in [0.15, 0.2) is 0 Å². The average Bonchev–Trinajstić information content (AvgIpc) is 3.17. The van der Waals surface area contributed by atoms with Crippen molar-refractivity contribution in [2.24, 2.45) is 5.92 Å². The maximum absolute atomic E-state index is 13.1. The zero-order valence-corrected chi connectivity index (χ0v) is 15.3. The van der Waals surface area contributed by atoms with Gasteiger partial charge >= 0.3 is 12.1 Å². The SMILES string of the molecule is CCOC(=O)c1ccc2c(c1)[C@@H]1C=CC[C@H]1[C@@H](c1cccc(C(F)(F)F)c1)N2. The second kappa shape index (κ2) is 7.00. The lowest BCUT2D eigenvalue weighted by atomic mass is 9.76.